The van der Waals surface area contributed by atoms with Crippen LogP contribution >= 0.6 is 0 Å². The lowest BCUT2D eigenvalue weighted by Crippen LogP contribution is -2.71. The molecule has 0 bridgehead atoms. The number of anilines is 1. The van der Waals surface area contributed by atoms with E-state index in [0.717, 1.165) is 16.8 Å². The van der Waals surface area contributed by atoms with Crippen LogP contribution in [-0.4, -0.2) is 78.7 Å². The van der Waals surface area contributed by atoms with Crippen LogP contribution in [-0.2, 0) is 29.0 Å². The van der Waals surface area contributed by atoms with Crippen molar-refractivity contribution in [3.8, 4) is 11.5 Å². The zero-order valence-electron chi connectivity index (χ0n) is 27.2. The van der Waals surface area contributed by atoms with Gasteiger partial charge in [-0.1, -0.05) is 81.4 Å². The summed E-state index contributed by atoms with van der Waals surface area (Å²) in [5.41, 5.74) is 1.29. The van der Waals surface area contributed by atoms with E-state index in [1.807, 2.05) is 78.9 Å². The number of methoxy groups -OCH3 is 2. The van der Waals surface area contributed by atoms with Crippen molar-refractivity contribution in [2.75, 3.05) is 39.3 Å². The molecule has 1 fully saturated rings. The average molecular weight is 636 g/mol. The number of hydrogen-bond acceptors (Lipinski definition) is 9. The number of benzene rings is 3. The van der Waals surface area contributed by atoms with E-state index in [0.29, 0.717) is 24.7 Å². The third-order valence-corrected chi connectivity index (χ3v) is 9.41. The highest BCUT2D eigenvalue weighted by molar-refractivity contribution is 6.32. The van der Waals surface area contributed by atoms with Crippen molar-refractivity contribution in [3.63, 3.8) is 0 Å². The van der Waals surface area contributed by atoms with Gasteiger partial charge in [-0.25, -0.2) is 0 Å². The second kappa shape index (κ2) is 13.4. The van der Waals surface area contributed by atoms with Gasteiger partial charge in [0.05, 0.1) is 0 Å². The van der Waals surface area contributed by atoms with Gasteiger partial charge in [0, 0.05) is 32.5 Å². The molecule has 5 atom stereocenters. The summed E-state index contributed by atoms with van der Waals surface area (Å²) in [5, 5.41) is 15.2. The second-order valence-corrected chi connectivity index (χ2v) is 14.6. The van der Waals surface area contributed by atoms with Crippen molar-refractivity contribution in [1.29, 1.82) is 0 Å². The predicted molar refractivity (Wildman–Crippen MR) is 173 cm³/mol. The molecular weight excluding hydrogens is 590 g/mol. The predicted octanol–water partition coefficient (Wildman–Crippen LogP) is 5.54. The Morgan fingerprint density at radius 3 is 1.96 bits per heavy atom. The highest BCUT2D eigenvalue weighted by atomic mass is 28.2. The summed E-state index contributed by atoms with van der Waals surface area (Å²) in [6, 6.07) is 25.5. The van der Waals surface area contributed by atoms with Crippen LogP contribution in [0.1, 0.15) is 45.7 Å². The molecule has 2 heterocycles. The van der Waals surface area contributed by atoms with E-state index in [4.69, 9.17) is 32.8 Å². The Balaban J connectivity index is 1.61. The normalized spacial score (nSPS) is 25.9. The van der Waals surface area contributed by atoms with Crippen LogP contribution in [0.3, 0.4) is 0 Å². The molecule has 10 heteroatoms. The summed E-state index contributed by atoms with van der Waals surface area (Å²) in [7, 11) is 3.17. The van der Waals surface area contributed by atoms with Crippen molar-refractivity contribution in [2.45, 2.75) is 75.1 Å². The van der Waals surface area contributed by atoms with Gasteiger partial charge in [-0.3, -0.25) is 0 Å². The number of ether oxygens (including phenoxy) is 6. The van der Waals surface area contributed by atoms with Gasteiger partial charge in [0.15, 0.2) is 11.5 Å². The Hall–Kier alpha value is -2.96. The minimum Gasteiger partial charge on any atom is -0.486 e. The number of aliphatic hydroxyl groups excluding tert-OH is 1. The van der Waals surface area contributed by atoms with E-state index in [1.165, 1.54) is 7.11 Å². The van der Waals surface area contributed by atoms with Gasteiger partial charge < -0.3 is 43.3 Å². The van der Waals surface area contributed by atoms with Crippen molar-refractivity contribution in [1.82, 2.24) is 0 Å². The Morgan fingerprint density at radius 2 is 1.40 bits per heavy atom. The molecule has 5 rings (SSSR count). The van der Waals surface area contributed by atoms with Crippen LogP contribution in [0.2, 0.25) is 5.04 Å². The van der Waals surface area contributed by atoms with Gasteiger partial charge >= 0.3 is 0 Å². The molecule has 0 saturated carbocycles. The van der Waals surface area contributed by atoms with Crippen molar-refractivity contribution in [3.05, 3.63) is 90.0 Å². The quantitative estimate of drug-likeness (QED) is 0.264. The fraction of sp³-hybridized carbons (Fsp3) is 0.486. The molecule has 2 aliphatic rings. The van der Waals surface area contributed by atoms with Crippen molar-refractivity contribution < 1.29 is 38.0 Å². The van der Waals surface area contributed by atoms with Gasteiger partial charge in [0.25, 0.3) is 0 Å². The summed E-state index contributed by atoms with van der Waals surface area (Å²) in [4.78, 5) is 0. The van der Waals surface area contributed by atoms with E-state index < -0.39 is 35.5 Å². The van der Waals surface area contributed by atoms with Gasteiger partial charge in [0.1, 0.15) is 37.1 Å². The molecule has 3 aromatic rings. The highest BCUT2D eigenvalue weighted by Gasteiger charge is 2.63. The van der Waals surface area contributed by atoms with Crippen molar-refractivity contribution in [2.24, 2.45) is 0 Å². The molecule has 0 amide bonds. The minimum absolute atomic E-state index is 0.0708. The van der Waals surface area contributed by atoms with Crippen LogP contribution in [0.15, 0.2) is 78.9 Å². The molecule has 0 spiro atoms. The number of nitrogens with one attached hydrogen (secondary N) is 1. The Labute approximate surface area is 269 Å². The largest absolute Gasteiger partial charge is 0.486 e. The first-order valence-electron chi connectivity index (χ1n) is 15.3. The first-order chi connectivity index (χ1) is 21.4. The van der Waals surface area contributed by atoms with E-state index >= 15 is 0 Å². The summed E-state index contributed by atoms with van der Waals surface area (Å²) < 4.78 is 44.2. The molecule has 2 N–H and O–H groups in total. The molecule has 2 radical (unpaired) electrons. The first kappa shape index (κ1) is 33.4. The summed E-state index contributed by atoms with van der Waals surface area (Å²) in [6.45, 7) is 11.1. The summed E-state index contributed by atoms with van der Waals surface area (Å²) >= 11 is 0. The van der Waals surface area contributed by atoms with Crippen LogP contribution in [0.4, 0.5) is 5.69 Å². The summed E-state index contributed by atoms with van der Waals surface area (Å²) in [6.07, 6.45) is -2.90. The maximum atomic E-state index is 12.0. The van der Waals surface area contributed by atoms with Crippen molar-refractivity contribution >= 4 is 15.5 Å². The number of fused-ring (bicyclic) bond motifs is 1. The first-order valence-corrected chi connectivity index (χ1v) is 16.2. The van der Waals surface area contributed by atoms with Crippen LogP contribution in [0.25, 0.3) is 0 Å². The fourth-order valence-electron chi connectivity index (χ4n) is 5.67. The molecule has 0 aromatic heterocycles. The molecule has 2 aliphatic heterocycles. The number of rotatable bonds is 11. The lowest BCUT2D eigenvalue weighted by atomic mass is 9.77. The van der Waals surface area contributed by atoms with Gasteiger partial charge in [-0.15, -0.1) is 0 Å². The molecular formula is C35H45NO8Si. The fourth-order valence-corrected chi connectivity index (χ4v) is 6.49. The molecule has 0 aliphatic carbocycles. The maximum absolute atomic E-state index is 12.0. The minimum atomic E-state index is -1.37. The third kappa shape index (κ3) is 6.78. The van der Waals surface area contributed by atoms with E-state index in [-0.39, 0.29) is 21.3 Å². The Bertz CT molecular complexity index is 1360. The highest BCUT2D eigenvalue weighted by Crippen LogP contribution is 2.50. The molecule has 242 valence electrons. The van der Waals surface area contributed by atoms with E-state index in [1.54, 1.807) is 21.0 Å². The Kier molecular flexibility index (Phi) is 9.95. The number of aliphatic hydroxyl groups is 1. The smallest absolute Gasteiger partial charge is 0.237 e. The molecule has 3 aromatic carbocycles. The van der Waals surface area contributed by atoms with Crippen LogP contribution in [0, 0.1) is 0 Å². The maximum Gasteiger partial charge on any atom is 0.237 e. The zero-order valence-corrected chi connectivity index (χ0v) is 28.2. The van der Waals surface area contributed by atoms with Crippen LogP contribution in [0.5, 0.6) is 11.5 Å². The standard InChI is InChI=1S/C35H45NO8Si/c1-32(2,3)45-44-35(24-14-10-8-11-15-24,25-16-12-9-13-17-25)31-30(42-33(4,38-6)34(5,39-7)43-31)27(37)23-36-26-18-19-28-29(22-26)41-21-20-40-28/h8-19,22,27,30-31,36-37H,20-21,23H2,1-7H3/t27-,30-,31-,33+,34+/m0/s1. The second-order valence-electron chi connectivity index (χ2n) is 12.6. The van der Waals surface area contributed by atoms with Gasteiger partial charge in [-0.2, -0.15) is 0 Å². The Morgan fingerprint density at radius 1 is 0.844 bits per heavy atom. The van der Waals surface area contributed by atoms with E-state index in [2.05, 4.69) is 26.1 Å². The zero-order chi connectivity index (χ0) is 32.3. The summed E-state index contributed by atoms with van der Waals surface area (Å²) in [5.74, 6) is -1.39. The average Bonchev–Trinajstić information content (AvgIpc) is 3.05. The molecule has 0 unspecified atom stereocenters. The SMILES string of the molecule is CO[C@]1(C)O[C@@H]([C@@H](O)CNc2ccc3c(c2)OCCO3)[C@@H](C(O[Si]C(C)(C)C)(c2ccccc2)c2ccccc2)O[C@@]1(C)OC. The van der Waals surface area contributed by atoms with Gasteiger partial charge in [-0.05, 0) is 42.1 Å². The molecule has 9 nitrogen and oxygen atoms in total. The monoisotopic (exact) mass is 635 g/mol. The van der Waals surface area contributed by atoms with E-state index in [9.17, 15) is 5.11 Å². The lowest BCUT2D eigenvalue weighted by Gasteiger charge is -2.57. The molecule has 1 saturated heterocycles. The lowest BCUT2D eigenvalue weighted by molar-refractivity contribution is -0.463. The molecule has 45 heavy (non-hydrogen) atoms. The van der Waals surface area contributed by atoms with Crippen LogP contribution < -0.4 is 14.8 Å². The topological polar surface area (TPSA) is 96.9 Å². The number of hydrogen-bond donors (Lipinski definition) is 2. The van der Waals surface area contributed by atoms with Gasteiger partial charge in [0.2, 0.25) is 21.3 Å². The third-order valence-electron chi connectivity index (χ3n) is 8.38.